The lowest BCUT2D eigenvalue weighted by Crippen LogP contribution is -2.27. The normalized spacial score (nSPS) is 25.0. The molecule has 11 heteroatoms. The van der Waals surface area contributed by atoms with Crippen LogP contribution in [0.25, 0.3) is 0 Å². The van der Waals surface area contributed by atoms with Crippen LogP contribution in [0.3, 0.4) is 0 Å². The average molecular weight is 440 g/mol. The van der Waals surface area contributed by atoms with Gasteiger partial charge >= 0.3 is 0 Å². The van der Waals surface area contributed by atoms with Gasteiger partial charge in [0.1, 0.15) is 0 Å². The third-order valence-corrected chi connectivity index (χ3v) is 6.87. The van der Waals surface area contributed by atoms with Gasteiger partial charge in [-0.1, -0.05) is 5.21 Å². The maximum Gasteiger partial charge on any atom is 0.274 e. The first kappa shape index (κ1) is 19.3. The Hall–Kier alpha value is -3.37. The molecule has 0 radical (unpaired) electrons. The van der Waals surface area contributed by atoms with E-state index in [2.05, 4.69) is 25.6 Å². The number of fused-ring (bicyclic) bond motifs is 2. The van der Waals surface area contributed by atoms with Crippen molar-refractivity contribution in [3.05, 3.63) is 53.6 Å². The van der Waals surface area contributed by atoms with Crippen LogP contribution in [-0.4, -0.2) is 54.4 Å². The molecule has 9 nitrogen and oxygen atoms in total. The van der Waals surface area contributed by atoms with Gasteiger partial charge < -0.3 is 14.8 Å². The van der Waals surface area contributed by atoms with Crippen LogP contribution in [0.5, 0.6) is 0 Å². The van der Waals surface area contributed by atoms with Crippen molar-refractivity contribution in [1.29, 1.82) is 0 Å². The molecule has 32 heavy (non-hydrogen) atoms. The fourth-order valence-corrected chi connectivity index (χ4v) is 4.92. The number of carbonyl (C=O) groups is 1. The molecule has 1 saturated carbocycles. The molecule has 3 aromatic heterocycles. The summed E-state index contributed by atoms with van der Waals surface area (Å²) < 4.78 is 30.3. The van der Waals surface area contributed by atoms with Crippen LogP contribution in [0.4, 0.5) is 14.5 Å². The molecule has 3 aromatic rings. The van der Waals surface area contributed by atoms with Crippen LogP contribution in [0.15, 0.2) is 30.9 Å². The average Bonchev–Trinajstić information content (AvgIpc) is 3.41. The molecule has 0 aromatic carbocycles. The van der Waals surface area contributed by atoms with Gasteiger partial charge in [-0.3, -0.25) is 9.78 Å². The van der Waals surface area contributed by atoms with Gasteiger partial charge in [0.25, 0.3) is 11.8 Å². The van der Waals surface area contributed by atoms with Gasteiger partial charge in [0.2, 0.25) is 0 Å². The number of nitrogens with zero attached hydrogens (tertiary/aromatic N) is 7. The van der Waals surface area contributed by atoms with Crippen LogP contribution in [-0.2, 0) is 20.0 Å². The van der Waals surface area contributed by atoms with Gasteiger partial charge in [0, 0.05) is 25.8 Å². The molecule has 1 amide bonds. The fraction of sp³-hybridized carbons (Fsp3) is 0.476. The summed E-state index contributed by atoms with van der Waals surface area (Å²) >= 11 is 0. The quantitative estimate of drug-likeness (QED) is 0.648. The first-order valence-electron chi connectivity index (χ1n) is 10.7. The zero-order chi connectivity index (χ0) is 22.0. The number of aromatic nitrogens is 6. The van der Waals surface area contributed by atoms with Crippen molar-refractivity contribution in [2.24, 2.45) is 18.9 Å². The Labute approximate surface area is 182 Å². The maximum absolute atomic E-state index is 13.4. The second-order valence-electron chi connectivity index (χ2n) is 8.85. The molecular formula is C21H22F2N8O. The molecule has 0 spiro atoms. The van der Waals surface area contributed by atoms with E-state index in [4.69, 9.17) is 0 Å². The maximum atomic E-state index is 13.4. The predicted octanol–water partition coefficient (Wildman–Crippen LogP) is 1.57. The summed E-state index contributed by atoms with van der Waals surface area (Å²) in [7, 11) is 1.95. The highest BCUT2D eigenvalue weighted by molar-refractivity contribution is 5.92. The summed E-state index contributed by atoms with van der Waals surface area (Å²) in [6, 6.07) is 3.62. The Morgan fingerprint density at radius 3 is 2.81 bits per heavy atom. The first-order valence-corrected chi connectivity index (χ1v) is 10.7. The molecule has 0 bridgehead atoms. The number of hydrogen-bond donors (Lipinski definition) is 1. The zero-order valence-corrected chi connectivity index (χ0v) is 17.4. The van der Waals surface area contributed by atoms with E-state index < -0.39 is 17.8 Å². The van der Waals surface area contributed by atoms with Crippen molar-refractivity contribution in [3.8, 4) is 0 Å². The summed E-state index contributed by atoms with van der Waals surface area (Å²) in [5.41, 5.74) is 3.89. The molecule has 3 aliphatic rings. The largest absolute Gasteiger partial charge is 0.369 e. The molecule has 4 heterocycles. The second kappa shape index (κ2) is 6.81. The molecule has 2 unspecified atom stereocenters. The molecule has 2 fully saturated rings. The number of amides is 1. The molecule has 1 saturated heterocycles. The Morgan fingerprint density at radius 2 is 2.06 bits per heavy atom. The highest BCUT2D eigenvalue weighted by Crippen LogP contribution is 2.59. The lowest BCUT2D eigenvalue weighted by molar-refractivity contribution is 0.0797. The summed E-state index contributed by atoms with van der Waals surface area (Å²) in [4.78, 5) is 23.4. The van der Waals surface area contributed by atoms with Crippen molar-refractivity contribution in [3.63, 3.8) is 0 Å². The molecule has 2 aliphatic carbocycles. The van der Waals surface area contributed by atoms with E-state index in [0.717, 1.165) is 35.6 Å². The topological polar surface area (TPSA) is 93.8 Å². The molecule has 6 rings (SSSR count). The minimum atomic E-state index is -2.49. The van der Waals surface area contributed by atoms with E-state index in [0.29, 0.717) is 19.6 Å². The Morgan fingerprint density at radius 1 is 1.25 bits per heavy atom. The lowest BCUT2D eigenvalue weighted by Gasteiger charge is -2.21. The highest BCUT2D eigenvalue weighted by atomic mass is 19.3. The number of anilines is 1. The summed E-state index contributed by atoms with van der Waals surface area (Å²) in [6.07, 6.45) is 6.76. The van der Waals surface area contributed by atoms with Gasteiger partial charge in [-0.15, -0.1) is 5.10 Å². The zero-order valence-electron chi connectivity index (χ0n) is 17.4. The number of hydrogen-bond acceptors (Lipinski definition) is 6. The minimum Gasteiger partial charge on any atom is -0.369 e. The molecular weight excluding hydrogens is 418 g/mol. The standard InChI is InChI=1S/C21H22F2N8O/c1-29-11-25-19-16(4-5-18(19)29)26-20(32)17-10-31(28-27-17)7-12-2-3-13(6-24-12)30-8-14-15(9-30)21(14,22)23/h2-3,6,10-11,14-16H,4-5,7-9H2,1H3,(H,26,32)/t14?,15?,16-/m1/s1. The minimum absolute atomic E-state index is 0.116. The number of piperidine rings is 1. The van der Waals surface area contributed by atoms with Crippen LogP contribution >= 0.6 is 0 Å². The van der Waals surface area contributed by atoms with Crippen LogP contribution in [0, 0.1) is 11.8 Å². The monoisotopic (exact) mass is 440 g/mol. The van der Waals surface area contributed by atoms with E-state index in [9.17, 15) is 13.6 Å². The smallest absolute Gasteiger partial charge is 0.274 e. The van der Waals surface area contributed by atoms with Crippen LogP contribution < -0.4 is 10.2 Å². The highest BCUT2D eigenvalue weighted by Gasteiger charge is 2.71. The van der Waals surface area contributed by atoms with Crippen LogP contribution in [0.1, 0.15) is 40.0 Å². The van der Waals surface area contributed by atoms with Crippen molar-refractivity contribution in [2.75, 3.05) is 18.0 Å². The van der Waals surface area contributed by atoms with Gasteiger partial charge in [-0.25, -0.2) is 18.4 Å². The van der Waals surface area contributed by atoms with Crippen molar-refractivity contribution < 1.29 is 13.6 Å². The van der Waals surface area contributed by atoms with Gasteiger partial charge in [0.05, 0.1) is 60.2 Å². The van der Waals surface area contributed by atoms with Gasteiger partial charge in [-0.2, -0.15) is 0 Å². The SMILES string of the molecule is Cn1cnc2c1CC[C@H]2NC(=O)c1cn(Cc2ccc(N3CC4C(C3)C4(F)F)cn2)nn1. The number of imidazole rings is 1. The lowest BCUT2D eigenvalue weighted by atomic mass is 10.2. The molecule has 1 N–H and O–H groups in total. The summed E-state index contributed by atoms with van der Waals surface area (Å²) in [6.45, 7) is 1.11. The second-order valence-corrected chi connectivity index (χ2v) is 8.85. The third-order valence-electron chi connectivity index (χ3n) is 6.87. The summed E-state index contributed by atoms with van der Waals surface area (Å²) in [5.74, 6) is -3.81. The Kier molecular flexibility index (Phi) is 4.11. The number of pyridine rings is 1. The predicted molar refractivity (Wildman–Crippen MR) is 109 cm³/mol. The number of aryl methyl sites for hydroxylation is 1. The Bertz CT molecular complexity index is 1170. The van der Waals surface area contributed by atoms with E-state index >= 15 is 0 Å². The number of nitrogens with one attached hydrogen (secondary N) is 1. The van der Waals surface area contributed by atoms with Gasteiger partial charge in [-0.05, 0) is 25.0 Å². The Balaban J connectivity index is 1.07. The van der Waals surface area contributed by atoms with Crippen molar-refractivity contribution in [2.45, 2.75) is 31.4 Å². The fourth-order valence-electron chi connectivity index (χ4n) is 4.92. The first-order chi connectivity index (χ1) is 15.4. The van der Waals surface area contributed by atoms with Crippen molar-refractivity contribution in [1.82, 2.24) is 34.8 Å². The van der Waals surface area contributed by atoms with E-state index in [1.54, 1.807) is 23.4 Å². The molecule has 1 aliphatic heterocycles. The number of rotatable bonds is 5. The van der Waals surface area contributed by atoms with E-state index in [1.165, 1.54) is 0 Å². The molecule has 166 valence electrons. The molecule has 3 atom stereocenters. The number of carbonyl (C=O) groups excluding carboxylic acids is 1. The van der Waals surface area contributed by atoms with Gasteiger partial charge in [0.15, 0.2) is 5.69 Å². The van der Waals surface area contributed by atoms with Crippen LogP contribution in [0.2, 0.25) is 0 Å². The third kappa shape index (κ3) is 3.06. The number of halogens is 2. The summed E-state index contributed by atoms with van der Waals surface area (Å²) in [5, 5.41) is 11.0. The number of alkyl halides is 2. The van der Waals surface area contributed by atoms with E-state index in [-0.39, 0.29) is 17.6 Å². The van der Waals surface area contributed by atoms with E-state index in [1.807, 2.05) is 28.6 Å². The van der Waals surface area contributed by atoms with Crippen molar-refractivity contribution >= 4 is 11.6 Å².